The van der Waals surface area contributed by atoms with E-state index in [-0.39, 0.29) is 42.3 Å². The highest BCUT2D eigenvalue weighted by Crippen LogP contribution is 2.31. The number of likely N-dealkylation sites (tertiary alicyclic amines) is 1. The minimum absolute atomic E-state index is 0.0203. The van der Waals surface area contributed by atoms with Crippen LogP contribution >= 0.6 is 0 Å². The van der Waals surface area contributed by atoms with Crippen molar-refractivity contribution in [3.8, 4) is 0 Å². The Bertz CT molecular complexity index is 699. The van der Waals surface area contributed by atoms with Crippen LogP contribution in [0.1, 0.15) is 54.7 Å². The number of carbonyl (C=O) groups is 3. The summed E-state index contributed by atoms with van der Waals surface area (Å²) in [6.07, 6.45) is 4.57. The summed E-state index contributed by atoms with van der Waals surface area (Å²) in [6.45, 7) is 2.08. The third kappa shape index (κ3) is 3.55. The van der Waals surface area contributed by atoms with Gasteiger partial charge in [-0.25, -0.2) is 4.79 Å². The molecule has 2 aliphatic heterocycles. The van der Waals surface area contributed by atoms with Crippen molar-refractivity contribution in [1.82, 2.24) is 30.6 Å². The van der Waals surface area contributed by atoms with Crippen molar-refractivity contribution in [1.29, 1.82) is 0 Å². The summed E-state index contributed by atoms with van der Waals surface area (Å²) < 4.78 is 5.32. The molecule has 140 valence electrons. The van der Waals surface area contributed by atoms with Crippen LogP contribution in [-0.4, -0.2) is 70.0 Å². The molecule has 1 aliphatic carbocycles. The van der Waals surface area contributed by atoms with Crippen LogP contribution in [0.4, 0.5) is 4.79 Å². The predicted octanol–water partition coefficient (Wildman–Crippen LogP) is 0.0406. The first-order chi connectivity index (χ1) is 12.6. The average Bonchev–Trinajstić information content (AvgIpc) is 3.01. The summed E-state index contributed by atoms with van der Waals surface area (Å²) in [6, 6.07) is -0.0952. The van der Waals surface area contributed by atoms with Crippen molar-refractivity contribution in [2.24, 2.45) is 0 Å². The van der Waals surface area contributed by atoms with E-state index in [2.05, 4.69) is 25.7 Å². The van der Waals surface area contributed by atoms with Crippen LogP contribution in [0, 0.1) is 0 Å². The van der Waals surface area contributed by atoms with E-state index in [1.54, 1.807) is 0 Å². The number of carbonyl (C=O) groups excluding carboxylic acids is 3. The molecule has 3 heterocycles. The molecule has 1 aromatic rings. The Kier molecular flexibility index (Phi) is 4.58. The highest BCUT2D eigenvalue weighted by Gasteiger charge is 2.33. The summed E-state index contributed by atoms with van der Waals surface area (Å²) in [5.41, 5.74) is 0. The van der Waals surface area contributed by atoms with Crippen molar-refractivity contribution >= 4 is 17.8 Å². The summed E-state index contributed by atoms with van der Waals surface area (Å²) in [5.74, 6) is 0.0679. The molecule has 1 aromatic heterocycles. The zero-order valence-electron chi connectivity index (χ0n) is 14.4. The summed E-state index contributed by atoms with van der Waals surface area (Å²) in [7, 11) is 0. The molecule has 4 amide bonds. The van der Waals surface area contributed by atoms with E-state index < -0.39 is 0 Å². The Hall–Kier alpha value is -2.49. The molecule has 3 aliphatic rings. The quantitative estimate of drug-likeness (QED) is 0.657. The lowest BCUT2D eigenvalue weighted by molar-refractivity contribution is -0.125. The van der Waals surface area contributed by atoms with Crippen LogP contribution in [0.15, 0.2) is 4.52 Å². The molecule has 2 N–H and O–H groups in total. The highest BCUT2D eigenvalue weighted by molar-refractivity contribution is 6.01. The first-order valence-corrected chi connectivity index (χ1v) is 9.08. The summed E-state index contributed by atoms with van der Waals surface area (Å²) >= 11 is 0. The Morgan fingerprint density at radius 3 is 2.85 bits per heavy atom. The van der Waals surface area contributed by atoms with Gasteiger partial charge in [0.05, 0.1) is 12.6 Å². The first kappa shape index (κ1) is 17.0. The zero-order chi connectivity index (χ0) is 18.1. The largest absolute Gasteiger partial charge is 0.346 e. The average molecular weight is 362 g/mol. The first-order valence-electron chi connectivity index (χ1n) is 9.08. The number of hydrogen-bond donors (Lipinski definition) is 2. The molecule has 3 fully saturated rings. The van der Waals surface area contributed by atoms with Crippen LogP contribution in [0.5, 0.6) is 0 Å². The molecular weight excluding hydrogens is 340 g/mol. The van der Waals surface area contributed by atoms with Gasteiger partial charge in [0.25, 0.3) is 11.7 Å². The summed E-state index contributed by atoms with van der Waals surface area (Å²) in [4.78, 5) is 42.9. The Balaban J connectivity index is 1.31. The van der Waals surface area contributed by atoms with Crippen molar-refractivity contribution in [2.75, 3.05) is 26.2 Å². The number of hydrogen-bond acceptors (Lipinski definition) is 7. The maximum Gasteiger partial charge on any atom is 0.324 e. The van der Waals surface area contributed by atoms with E-state index >= 15 is 0 Å². The number of rotatable bonds is 7. The van der Waals surface area contributed by atoms with Gasteiger partial charge in [-0.15, -0.1) is 0 Å². The van der Waals surface area contributed by atoms with E-state index in [9.17, 15) is 14.4 Å². The van der Waals surface area contributed by atoms with Gasteiger partial charge in [-0.3, -0.25) is 19.4 Å². The van der Waals surface area contributed by atoms with Gasteiger partial charge in [0.2, 0.25) is 11.8 Å². The lowest BCUT2D eigenvalue weighted by atomic mass is 10.2. The Labute approximate surface area is 150 Å². The SMILES string of the molecule is O=C(NC1CC1)c1noc([C@@H]2CCCN2CCCN2C(=O)CNC2=O)n1. The molecule has 1 saturated carbocycles. The van der Waals surface area contributed by atoms with Gasteiger partial charge in [0.15, 0.2) is 0 Å². The maximum absolute atomic E-state index is 12.0. The number of nitrogens with one attached hydrogen (secondary N) is 2. The van der Waals surface area contributed by atoms with Gasteiger partial charge in [-0.1, -0.05) is 5.16 Å². The van der Waals surface area contributed by atoms with Gasteiger partial charge in [-0.05, 0) is 38.6 Å². The van der Waals surface area contributed by atoms with E-state index in [4.69, 9.17) is 4.52 Å². The smallest absolute Gasteiger partial charge is 0.324 e. The van der Waals surface area contributed by atoms with Gasteiger partial charge < -0.3 is 15.2 Å². The van der Waals surface area contributed by atoms with Gasteiger partial charge >= 0.3 is 6.03 Å². The maximum atomic E-state index is 12.0. The normalized spacial score (nSPS) is 23.5. The highest BCUT2D eigenvalue weighted by atomic mass is 16.5. The fourth-order valence-corrected chi connectivity index (χ4v) is 3.43. The lowest BCUT2D eigenvalue weighted by Crippen LogP contribution is -2.34. The van der Waals surface area contributed by atoms with E-state index in [1.165, 1.54) is 4.90 Å². The van der Waals surface area contributed by atoms with Crippen LogP contribution in [-0.2, 0) is 4.79 Å². The van der Waals surface area contributed by atoms with Crippen molar-refractivity contribution in [3.05, 3.63) is 11.7 Å². The number of amides is 4. The number of urea groups is 1. The number of imide groups is 1. The van der Waals surface area contributed by atoms with Gasteiger partial charge in [-0.2, -0.15) is 4.98 Å². The molecule has 0 aromatic carbocycles. The third-order valence-corrected chi connectivity index (χ3v) is 4.97. The van der Waals surface area contributed by atoms with Crippen LogP contribution in [0.25, 0.3) is 0 Å². The third-order valence-electron chi connectivity index (χ3n) is 4.97. The molecule has 10 heteroatoms. The molecule has 0 spiro atoms. The molecule has 2 saturated heterocycles. The number of nitrogens with zero attached hydrogens (tertiary/aromatic N) is 4. The van der Waals surface area contributed by atoms with Crippen LogP contribution < -0.4 is 10.6 Å². The second-order valence-corrected chi connectivity index (χ2v) is 6.96. The molecule has 26 heavy (non-hydrogen) atoms. The molecule has 0 radical (unpaired) electrons. The second-order valence-electron chi connectivity index (χ2n) is 6.96. The molecule has 4 rings (SSSR count). The molecule has 0 bridgehead atoms. The minimum Gasteiger partial charge on any atom is -0.346 e. The van der Waals surface area contributed by atoms with E-state index in [1.807, 2.05) is 0 Å². The van der Waals surface area contributed by atoms with Crippen molar-refractivity contribution in [3.63, 3.8) is 0 Å². The molecule has 10 nitrogen and oxygen atoms in total. The summed E-state index contributed by atoms with van der Waals surface area (Å²) in [5, 5.41) is 9.17. The molecular formula is C16H22N6O4. The van der Waals surface area contributed by atoms with Crippen LogP contribution in [0.3, 0.4) is 0 Å². The Morgan fingerprint density at radius 1 is 1.27 bits per heavy atom. The van der Waals surface area contributed by atoms with Gasteiger partial charge in [0, 0.05) is 19.1 Å². The monoisotopic (exact) mass is 362 g/mol. The van der Waals surface area contributed by atoms with Crippen LogP contribution in [0.2, 0.25) is 0 Å². The standard InChI is InChI=1S/C16H22N6O4/c23-12-9-17-16(25)22(12)8-2-7-21-6-1-3-11(21)15-19-13(20-26-15)14(24)18-10-4-5-10/h10-11H,1-9H2,(H,17,25)(H,18,24)/t11-/m0/s1. The molecule has 1 atom stereocenters. The fraction of sp³-hybridized carbons (Fsp3) is 0.688. The number of aromatic nitrogens is 2. The topological polar surface area (TPSA) is 121 Å². The van der Waals surface area contributed by atoms with E-state index in [0.717, 1.165) is 32.2 Å². The Morgan fingerprint density at radius 2 is 2.12 bits per heavy atom. The zero-order valence-corrected chi connectivity index (χ0v) is 14.4. The minimum atomic E-state index is -0.323. The fourth-order valence-electron chi connectivity index (χ4n) is 3.43. The molecule has 0 unspecified atom stereocenters. The van der Waals surface area contributed by atoms with Crippen molar-refractivity contribution < 1.29 is 18.9 Å². The van der Waals surface area contributed by atoms with Gasteiger partial charge in [0.1, 0.15) is 0 Å². The predicted molar refractivity (Wildman–Crippen MR) is 88.1 cm³/mol. The van der Waals surface area contributed by atoms with Crippen molar-refractivity contribution in [2.45, 2.75) is 44.2 Å². The second kappa shape index (κ2) is 7.02. The lowest BCUT2D eigenvalue weighted by Gasteiger charge is -2.22. The van der Waals surface area contributed by atoms with E-state index in [0.29, 0.717) is 25.4 Å².